The minimum Gasteiger partial charge on any atom is -0.347 e. The van der Waals surface area contributed by atoms with E-state index >= 15 is 0 Å². The Morgan fingerprint density at radius 3 is 2.89 bits per heavy atom. The molecular weight excluding hydrogens is 230 g/mol. The second-order valence-corrected chi connectivity index (χ2v) is 3.96. The van der Waals surface area contributed by atoms with Crippen LogP contribution in [0.1, 0.15) is 0 Å². The average molecular weight is 241 g/mol. The number of rotatable bonds is 2. The molecule has 0 spiro atoms. The van der Waals surface area contributed by atoms with Gasteiger partial charge in [-0.25, -0.2) is 9.97 Å². The van der Waals surface area contributed by atoms with E-state index in [2.05, 4.69) is 25.1 Å². The molecule has 3 aromatic rings. The molecule has 3 aromatic heterocycles. The molecule has 7 nitrogen and oxygen atoms in total. The fourth-order valence-electron chi connectivity index (χ4n) is 1.64. The first-order chi connectivity index (χ1) is 8.75. The van der Waals surface area contributed by atoms with Crippen LogP contribution < -0.4 is 4.90 Å². The highest BCUT2D eigenvalue weighted by Gasteiger charge is 2.11. The standard InChI is InChI=1S/C11H11N7/c1-17(2)11-13-7-12-10(16-11)8-6-15-18-9(8)4-3-5-14-18/h3-7H,1-2H3. The van der Waals surface area contributed by atoms with Gasteiger partial charge < -0.3 is 4.90 Å². The lowest BCUT2D eigenvalue weighted by Gasteiger charge is -2.09. The zero-order chi connectivity index (χ0) is 12.5. The van der Waals surface area contributed by atoms with Gasteiger partial charge in [0.05, 0.1) is 17.3 Å². The zero-order valence-corrected chi connectivity index (χ0v) is 10.0. The van der Waals surface area contributed by atoms with Crippen LogP contribution in [0.15, 0.2) is 30.9 Å². The highest BCUT2D eigenvalue weighted by atomic mass is 15.4. The summed E-state index contributed by atoms with van der Waals surface area (Å²) < 4.78 is 1.55. The molecule has 0 unspecified atom stereocenters. The maximum absolute atomic E-state index is 4.39. The first-order valence-electron chi connectivity index (χ1n) is 5.41. The number of hydrogen-bond donors (Lipinski definition) is 0. The van der Waals surface area contributed by atoms with Crippen LogP contribution in [0.2, 0.25) is 0 Å². The molecule has 0 bridgehead atoms. The fraction of sp³-hybridized carbons (Fsp3) is 0.182. The summed E-state index contributed by atoms with van der Waals surface area (Å²) in [7, 11) is 3.77. The third kappa shape index (κ3) is 1.65. The van der Waals surface area contributed by atoms with E-state index < -0.39 is 0 Å². The lowest BCUT2D eigenvalue weighted by molar-refractivity contribution is 0.800. The third-order valence-electron chi connectivity index (χ3n) is 2.50. The van der Waals surface area contributed by atoms with Crippen LogP contribution in [-0.4, -0.2) is 43.9 Å². The molecule has 3 heterocycles. The van der Waals surface area contributed by atoms with Crippen molar-refractivity contribution < 1.29 is 0 Å². The van der Waals surface area contributed by atoms with E-state index in [4.69, 9.17) is 0 Å². The van der Waals surface area contributed by atoms with Gasteiger partial charge >= 0.3 is 0 Å². The van der Waals surface area contributed by atoms with Crippen molar-refractivity contribution >= 4 is 11.5 Å². The lowest BCUT2D eigenvalue weighted by atomic mass is 10.2. The van der Waals surface area contributed by atoms with Crippen LogP contribution in [0.4, 0.5) is 5.95 Å². The largest absolute Gasteiger partial charge is 0.347 e. The van der Waals surface area contributed by atoms with E-state index in [1.807, 2.05) is 31.1 Å². The van der Waals surface area contributed by atoms with Crippen molar-refractivity contribution in [2.75, 3.05) is 19.0 Å². The Hall–Kier alpha value is -2.57. The highest BCUT2D eigenvalue weighted by Crippen LogP contribution is 2.20. The molecule has 0 atom stereocenters. The van der Waals surface area contributed by atoms with E-state index in [0.717, 1.165) is 11.1 Å². The molecule has 0 aromatic carbocycles. The van der Waals surface area contributed by atoms with E-state index in [9.17, 15) is 0 Å². The van der Waals surface area contributed by atoms with Crippen molar-refractivity contribution in [1.82, 2.24) is 29.8 Å². The predicted molar refractivity (Wildman–Crippen MR) is 66.1 cm³/mol. The minimum atomic E-state index is 0.594. The van der Waals surface area contributed by atoms with Gasteiger partial charge in [-0.15, -0.1) is 0 Å². The molecule has 7 heteroatoms. The number of anilines is 1. The Kier molecular flexibility index (Phi) is 2.36. The SMILES string of the molecule is CN(C)c1ncnc(-c2cnn3ncccc23)n1. The van der Waals surface area contributed by atoms with Crippen LogP contribution in [0.25, 0.3) is 16.9 Å². The van der Waals surface area contributed by atoms with Crippen LogP contribution in [0.3, 0.4) is 0 Å². The molecule has 18 heavy (non-hydrogen) atoms. The van der Waals surface area contributed by atoms with Gasteiger partial charge in [0.25, 0.3) is 0 Å². The fourth-order valence-corrected chi connectivity index (χ4v) is 1.64. The molecule has 90 valence electrons. The summed E-state index contributed by atoms with van der Waals surface area (Å²) in [4.78, 5) is 14.5. The van der Waals surface area contributed by atoms with Crippen molar-refractivity contribution in [2.24, 2.45) is 0 Å². The Morgan fingerprint density at radius 2 is 2.06 bits per heavy atom. The van der Waals surface area contributed by atoms with Crippen LogP contribution in [0.5, 0.6) is 0 Å². The number of nitrogens with zero attached hydrogens (tertiary/aromatic N) is 7. The number of aromatic nitrogens is 6. The smallest absolute Gasteiger partial charge is 0.228 e. The van der Waals surface area contributed by atoms with Crippen LogP contribution >= 0.6 is 0 Å². The van der Waals surface area contributed by atoms with Crippen molar-refractivity contribution in [3.05, 3.63) is 30.9 Å². The van der Waals surface area contributed by atoms with Gasteiger partial charge in [0.1, 0.15) is 6.33 Å². The molecule has 0 aliphatic rings. The zero-order valence-electron chi connectivity index (χ0n) is 10.0. The van der Waals surface area contributed by atoms with Gasteiger partial charge in [-0.1, -0.05) is 0 Å². The van der Waals surface area contributed by atoms with Crippen LogP contribution in [-0.2, 0) is 0 Å². The molecule has 0 saturated heterocycles. The topological polar surface area (TPSA) is 72.1 Å². The van der Waals surface area contributed by atoms with Crippen LogP contribution in [0, 0.1) is 0 Å². The first-order valence-corrected chi connectivity index (χ1v) is 5.41. The molecule has 0 saturated carbocycles. The van der Waals surface area contributed by atoms with Gasteiger partial charge in [-0.2, -0.15) is 19.8 Å². The summed E-state index contributed by atoms with van der Waals surface area (Å²) in [6, 6.07) is 3.78. The lowest BCUT2D eigenvalue weighted by Crippen LogP contribution is -2.13. The predicted octanol–water partition coefficient (Wildman–Crippen LogP) is 0.647. The second kappa shape index (κ2) is 4.02. The molecule has 0 fully saturated rings. The Labute approximate surface area is 103 Å². The molecule has 3 rings (SSSR count). The third-order valence-corrected chi connectivity index (χ3v) is 2.50. The molecule has 0 N–H and O–H groups in total. The Bertz CT molecular complexity index is 688. The summed E-state index contributed by atoms with van der Waals surface area (Å²) in [5.74, 6) is 1.21. The van der Waals surface area contributed by atoms with E-state index in [-0.39, 0.29) is 0 Å². The van der Waals surface area contributed by atoms with E-state index in [0.29, 0.717) is 11.8 Å². The van der Waals surface area contributed by atoms with Gasteiger partial charge in [0.15, 0.2) is 5.82 Å². The number of hydrogen-bond acceptors (Lipinski definition) is 6. The summed E-state index contributed by atoms with van der Waals surface area (Å²) in [6.07, 6.45) is 4.89. The molecular formula is C11H11N7. The van der Waals surface area contributed by atoms with Gasteiger partial charge in [0, 0.05) is 20.3 Å². The molecule has 0 aliphatic carbocycles. The maximum Gasteiger partial charge on any atom is 0.228 e. The summed E-state index contributed by atoms with van der Waals surface area (Å²) in [6.45, 7) is 0. The average Bonchev–Trinajstić information content (AvgIpc) is 2.82. The second-order valence-electron chi connectivity index (χ2n) is 3.96. The van der Waals surface area contributed by atoms with E-state index in [1.54, 1.807) is 17.0 Å². The molecule has 0 aliphatic heterocycles. The monoisotopic (exact) mass is 241 g/mol. The van der Waals surface area contributed by atoms with Gasteiger partial charge in [-0.3, -0.25) is 0 Å². The Balaban J connectivity index is 2.17. The summed E-state index contributed by atoms with van der Waals surface area (Å²) in [5.41, 5.74) is 1.71. The summed E-state index contributed by atoms with van der Waals surface area (Å²) >= 11 is 0. The first kappa shape index (κ1) is 10.6. The highest BCUT2D eigenvalue weighted by molar-refractivity contribution is 5.75. The van der Waals surface area contributed by atoms with Gasteiger partial charge in [-0.05, 0) is 12.1 Å². The molecule has 0 radical (unpaired) electrons. The maximum atomic E-state index is 4.39. The Morgan fingerprint density at radius 1 is 1.17 bits per heavy atom. The van der Waals surface area contributed by atoms with Crippen molar-refractivity contribution in [3.8, 4) is 11.4 Å². The quantitative estimate of drug-likeness (QED) is 0.656. The van der Waals surface area contributed by atoms with Gasteiger partial charge in [0.2, 0.25) is 5.95 Å². The van der Waals surface area contributed by atoms with Crippen molar-refractivity contribution in [2.45, 2.75) is 0 Å². The van der Waals surface area contributed by atoms with E-state index in [1.165, 1.54) is 6.33 Å². The minimum absolute atomic E-state index is 0.594. The molecule has 0 amide bonds. The normalized spacial score (nSPS) is 10.8. The number of fused-ring (bicyclic) bond motifs is 1. The van der Waals surface area contributed by atoms with Crippen molar-refractivity contribution in [3.63, 3.8) is 0 Å². The summed E-state index contributed by atoms with van der Waals surface area (Å²) in [5, 5.41) is 8.27. The van der Waals surface area contributed by atoms with Crippen molar-refractivity contribution in [1.29, 1.82) is 0 Å².